The number of hydrogen-bond donors (Lipinski definition) is 1. The second-order valence-corrected chi connectivity index (χ2v) is 5.28. The summed E-state index contributed by atoms with van der Waals surface area (Å²) in [6.45, 7) is 8.46. The molecule has 0 saturated heterocycles. The molecule has 1 aromatic rings. The van der Waals surface area contributed by atoms with Gasteiger partial charge in [0.05, 0.1) is 5.56 Å². The number of pyridine rings is 1. The second kappa shape index (κ2) is 8.15. The molecule has 0 atom stereocenters. The molecule has 0 aliphatic carbocycles. The number of halogens is 1. The lowest BCUT2D eigenvalue weighted by atomic mass is 10.2. The van der Waals surface area contributed by atoms with E-state index in [1.807, 2.05) is 17.9 Å². The Labute approximate surface area is 123 Å². The van der Waals surface area contributed by atoms with Gasteiger partial charge < -0.3 is 10.2 Å². The zero-order valence-corrected chi connectivity index (χ0v) is 13.5. The Morgan fingerprint density at radius 3 is 2.68 bits per heavy atom. The molecule has 1 rings (SSSR count). The van der Waals surface area contributed by atoms with E-state index in [-0.39, 0.29) is 5.91 Å². The Bertz CT molecular complexity index is 423. The summed E-state index contributed by atoms with van der Waals surface area (Å²) in [6, 6.07) is 1.84. The molecule has 0 aromatic carbocycles. The summed E-state index contributed by atoms with van der Waals surface area (Å²) in [7, 11) is 0. The van der Waals surface area contributed by atoms with Crippen molar-refractivity contribution in [2.75, 3.05) is 25.0 Å². The summed E-state index contributed by atoms with van der Waals surface area (Å²) in [5.41, 5.74) is 0.637. The highest BCUT2D eigenvalue weighted by Crippen LogP contribution is 2.20. The van der Waals surface area contributed by atoms with Gasteiger partial charge in [-0.15, -0.1) is 0 Å². The number of aromatic nitrogens is 1. The van der Waals surface area contributed by atoms with Crippen LogP contribution >= 0.6 is 15.9 Å². The highest BCUT2D eigenvalue weighted by atomic mass is 79.9. The minimum Gasteiger partial charge on any atom is -0.369 e. The van der Waals surface area contributed by atoms with Gasteiger partial charge in [-0.1, -0.05) is 13.8 Å². The van der Waals surface area contributed by atoms with Crippen molar-refractivity contribution in [1.29, 1.82) is 0 Å². The molecular formula is C14H22BrN3O. The highest BCUT2D eigenvalue weighted by molar-refractivity contribution is 9.10. The van der Waals surface area contributed by atoms with Crippen LogP contribution < -0.4 is 5.32 Å². The van der Waals surface area contributed by atoms with Crippen LogP contribution in [0.15, 0.2) is 16.7 Å². The van der Waals surface area contributed by atoms with Gasteiger partial charge in [0.1, 0.15) is 5.82 Å². The molecule has 0 saturated carbocycles. The zero-order valence-electron chi connectivity index (χ0n) is 11.9. The van der Waals surface area contributed by atoms with E-state index >= 15 is 0 Å². The van der Waals surface area contributed by atoms with Gasteiger partial charge in [-0.3, -0.25) is 4.79 Å². The van der Waals surface area contributed by atoms with E-state index in [1.54, 1.807) is 6.20 Å². The van der Waals surface area contributed by atoms with Gasteiger partial charge in [-0.2, -0.15) is 0 Å². The van der Waals surface area contributed by atoms with Crippen LogP contribution in [0.2, 0.25) is 0 Å². The van der Waals surface area contributed by atoms with E-state index in [2.05, 4.69) is 40.1 Å². The van der Waals surface area contributed by atoms with Crippen LogP contribution in [0.4, 0.5) is 5.82 Å². The molecule has 0 spiro atoms. The third kappa shape index (κ3) is 4.49. The predicted octanol–water partition coefficient (Wildman–Crippen LogP) is 3.54. The van der Waals surface area contributed by atoms with Gasteiger partial charge >= 0.3 is 0 Å². The van der Waals surface area contributed by atoms with Gasteiger partial charge in [0.25, 0.3) is 5.91 Å². The Balaban J connectivity index is 3.01. The quantitative estimate of drug-likeness (QED) is 0.833. The summed E-state index contributed by atoms with van der Waals surface area (Å²) in [6.07, 6.45) is 3.67. The van der Waals surface area contributed by atoms with Crippen LogP contribution in [0, 0.1) is 0 Å². The van der Waals surface area contributed by atoms with Gasteiger partial charge in [-0.05, 0) is 41.8 Å². The van der Waals surface area contributed by atoms with Crippen molar-refractivity contribution >= 4 is 27.7 Å². The van der Waals surface area contributed by atoms with E-state index < -0.39 is 0 Å². The largest absolute Gasteiger partial charge is 0.369 e. The highest BCUT2D eigenvalue weighted by Gasteiger charge is 2.18. The summed E-state index contributed by atoms with van der Waals surface area (Å²) in [5.74, 6) is 0.710. The summed E-state index contributed by atoms with van der Waals surface area (Å²) in [4.78, 5) is 18.7. The fourth-order valence-electron chi connectivity index (χ4n) is 1.83. The van der Waals surface area contributed by atoms with Crippen molar-refractivity contribution in [2.45, 2.75) is 33.6 Å². The third-order valence-corrected chi connectivity index (χ3v) is 3.22. The molecule has 0 radical (unpaired) electrons. The Morgan fingerprint density at radius 2 is 2.11 bits per heavy atom. The molecule has 0 unspecified atom stereocenters. The van der Waals surface area contributed by atoms with E-state index in [0.717, 1.165) is 30.4 Å². The monoisotopic (exact) mass is 327 g/mol. The van der Waals surface area contributed by atoms with Gasteiger partial charge in [0.15, 0.2) is 0 Å². The van der Waals surface area contributed by atoms with E-state index in [0.29, 0.717) is 17.9 Å². The fourth-order valence-corrected chi connectivity index (χ4v) is 2.16. The first-order valence-corrected chi connectivity index (χ1v) is 7.61. The van der Waals surface area contributed by atoms with E-state index in [9.17, 15) is 4.79 Å². The maximum absolute atomic E-state index is 12.5. The molecule has 4 nitrogen and oxygen atoms in total. The first-order chi connectivity index (χ1) is 9.13. The fraction of sp³-hybridized carbons (Fsp3) is 0.571. The third-order valence-electron chi connectivity index (χ3n) is 2.79. The molecule has 0 fully saturated rings. The Hall–Kier alpha value is -1.10. The maximum Gasteiger partial charge on any atom is 0.257 e. The number of carbonyl (C=O) groups is 1. The summed E-state index contributed by atoms with van der Waals surface area (Å²) < 4.78 is 0.824. The first-order valence-electron chi connectivity index (χ1n) is 6.82. The van der Waals surface area contributed by atoms with Crippen molar-refractivity contribution in [2.24, 2.45) is 0 Å². The first kappa shape index (κ1) is 16.0. The zero-order chi connectivity index (χ0) is 14.3. The molecule has 0 bridgehead atoms. The number of rotatable bonds is 7. The number of amides is 1. The molecule has 1 amide bonds. The van der Waals surface area contributed by atoms with Crippen molar-refractivity contribution in [1.82, 2.24) is 9.88 Å². The molecule has 1 N–H and O–H groups in total. The second-order valence-electron chi connectivity index (χ2n) is 4.36. The lowest BCUT2D eigenvalue weighted by molar-refractivity contribution is 0.0765. The summed E-state index contributed by atoms with van der Waals surface area (Å²) >= 11 is 3.38. The van der Waals surface area contributed by atoms with Crippen LogP contribution in [0.1, 0.15) is 44.0 Å². The van der Waals surface area contributed by atoms with Crippen molar-refractivity contribution in [3.8, 4) is 0 Å². The minimum absolute atomic E-state index is 0.0387. The molecule has 0 aliphatic heterocycles. The lowest BCUT2D eigenvalue weighted by Crippen LogP contribution is -2.32. The van der Waals surface area contributed by atoms with Crippen LogP contribution in [0.5, 0.6) is 0 Å². The average molecular weight is 328 g/mol. The van der Waals surface area contributed by atoms with Crippen LogP contribution in [-0.4, -0.2) is 35.4 Å². The molecule has 0 aliphatic rings. The molecular weight excluding hydrogens is 306 g/mol. The van der Waals surface area contributed by atoms with E-state index in [4.69, 9.17) is 0 Å². The van der Waals surface area contributed by atoms with Crippen LogP contribution in [-0.2, 0) is 0 Å². The van der Waals surface area contributed by atoms with Crippen molar-refractivity contribution in [3.63, 3.8) is 0 Å². The lowest BCUT2D eigenvalue weighted by Gasteiger charge is -2.21. The van der Waals surface area contributed by atoms with Gasteiger partial charge in [0, 0.05) is 30.3 Å². The van der Waals surface area contributed by atoms with E-state index in [1.165, 1.54) is 0 Å². The molecule has 106 valence electrons. The number of anilines is 1. The number of nitrogens with zero attached hydrogens (tertiary/aromatic N) is 2. The number of nitrogens with one attached hydrogen (secondary N) is 1. The number of hydrogen-bond acceptors (Lipinski definition) is 3. The molecule has 5 heteroatoms. The topological polar surface area (TPSA) is 45.2 Å². The average Bonchev–Trinajstić information content (AvgIpc) is 2.42. The smallest absolute Gasteiger partial charge is 0.257 e. The predicted molar refractivity (Wildman–Crippen MR) is 82.6 cm³/mol. The molecule has 19 heavy (non-hydrogen) atoms. The SMILES string of the molecule is CCCNc1ncc(Br)cc1C(=O)N(CC)CCC. The van der Waals surface area contributed by atoms with Gasteiger partial charge in [-0.25, -0.2) is 4.98 Å². The Morgan fingerprint density at radius 1 is 1.37 bits per heavy atom. The van der Waals surface area contributed by atoms with Crippen LogP contribution in [0.25, 0.3) is 0 Å². The normalized spacial score (nSPS) is 10.3. The maximum atomic E-state index is 12.5. The van der Waals surface area contributed by atoms with Gasteiger partial charge in [0.2, 0.25) is 0 Å². The summed E-state index contributed by atoms with van der Waals surface area (Å²) in [5, 5.41) is 3.21. The molecule has 1 heterocycles. The number of carbonyl (C=O) groups excluding carboxylic acids is 1. The van der Waals surface area contributed by atoms with Crippen molar-refractivity contribution in [3.05, 3.63) is 22.3 Å². The standard InChI is InChI=1S/C14H22BrN3O/c1-4-7-16-13-12(9-11(15)10-17-13)14(19)18(6-3)8-5-2/h9-10H,4-8H2,1-3H3,(H,16,17). The van der Waals surface area contributed by atoms with Crippen LogP contribution in [0.3, 0.4) is 0 Å². The van der Waals surface area contributed by atoms with Crippen molar-refractivity contribution < 1.29 is 4.79 Å². The minimum atomic E-state index is 0.0387. The Kier molecular flexibility index (Phi) is 6.84. The molecule has 1 aromatic heterocycles.